The molecule has 6 heteroatoms. The van der Waals surface area contributed by atoms with Crippen LogP contribution in [0.2, 0.25) is 0 Å². The third-order valence-electron chi connectivity index (χ3n) is 5.33. The van der Waals surface area contributed by atoms with Gasteiger partial charge in [0, 0.05) is 34.9 Å². The lowest BCUT2D eigenvalue weighted by Gasteiger charge is -2.33. The molecule has 1 aromatic heterocycles. The first-order valence-electron chi connectivity index (χ1n) is 8.92. The Morgan fingerprint density at radius 3 is 2.78 bits per heavy atom. The summed E-state index contributed by atoms with van der Waals surface area (Å²) in [7, 11) is 1.29. The molecule has 0 bridgehead atoms. The fourth-order valence-corrected chi connectivity index (χ4v) is 4.08. The highest BCUT2D eigenvalue weighted by Crippen LogP contribution is 2.42. The highest BCUT2D eigenvalue weighted by atomic mass is 16.5. The minimum atomic E-state index is -0.820. The van der Waals surface area contributed by atoms with Gasteiger partial charge in [-0.2, -0.15) is 0 Å². The van der Waals surface area contributed by atoms with E-state index in [0.29, 0.717) is 46.4 Å². The normalized spacial score (nSPS) is 22.4. The van der Waals surface area contributed by atoms with Crippen molar-refractivity contribution < 1.29 is 18.7 Å². The van der Waals surface area contributed by atoms with E-state index in [1.165, 1.54) is 13.4 Å². The number of carbonyl (C=O) groups excluding carboxylic acids is 2. The summed E-state index contributed by atoms with van der Waals surface area (Å²) in [5, 5.41) is 0.421. The molecular formula is C21H19NO5. The van der Waals surface area contributed by atoms with Gasteiger partial charge in [0.1, 0.15) is 11.5 Å². The van der Waals surface area contributed by atoms with E-state index >= 15 is 0 Å². The van der Waals surface area contributed by atoms with E-state index in [0.717, 1.165) is 6.42 Å². The summed E-state index contributed by atoms with van der Waals surface area (Å²) in [6, 6.07) is 6.93. The predicted molar refractivity (Wildman–Crippen MR) is 99.7 cm³/mol. The number of hydrogen-bond acceptors (Lipinski definition) is 6. The second kappa shape index (κ2) is 6.61. The van der Waals surface area contributed by atoms with Gasteiger partial charge in [-0.3, -0.25) is 19.4 Å². The van der Waals surface area contributed by atoms with E-state index < -0.39 is 17.8 Å². The first-order chi connectivity index (χ1) is 13.0. The molecular weight excluding hydrogens is 346 g/mol. The zero-order chi connectivity index (χ0) is 19.1. The van der Waals surface area contributed by atoms with Crippen LogP contribution in [0.3, 0.4) is 0 Å². The molecule has 1 aromatic carbocycles. The van der Waals surface area contributed by atoms with Crippen LogP contribution in [-0.2, 0) is 14.3 Å². The first kappa shape index (κ1) is 17.4. The fraction of sp³-hybridized carbons (Fsp3) is 0.333. The summed E-state index contributed by atoms with van der Waals surface area (Å²) in [4.78, 5) is 43.0. The van der Waals surface area contributed by atoms with E-state index in [4.69, 9.17) is 9.15 Å². The maximum atomic E-state index is 13.2. The molecule has 138 valence electrons. The molecule has 0 saturated carbocycles. The molecule has 0 amide bonds. The molecule has 0 spiro atoms. The maximum absolute atomic E-state index is 13.2. The summed E-state index contributed by atoms with van der Waals surface area (Å²) in [5.74, 6) is -2.14. The van der Waals surface area contributed by atoms with Crippen LogP contribution in [0.4, 0.5) is 0 Å². The van der Waals surface area contributed by atoms with Gasteiger partial charge in [0.05, 0.1) is 18.8 Å². The van der Waals surface area contributed by atoms with E-state index in [1.54, 1.807) is 31.2 Å². The number of methoxy groups -OCH3 is 1. The minimum Gasteiger partial charge on any atom is -0.468 e. The summed E-state index contributed by atoms with van der Waals surface area (Å²) >= 11 is 0. The van der Waals surface area contributed by atoms with Gasteiger partial charge in [0.25, 0.3) is 0 Å². The minimum absolute atomic E-state index is 0.0704. The molecule has 0 radical (unpaired) electrons. The molecule has 27 heavy (non-hydrogen) atoms. The largest absolute Gasteiger partial charge is 0.468 e. The standard InChI is InChI=1S/C21H19NO5/c1-11-17(21(25)26-2)18(19-14(22-11)7-5-8-15(19)23)13-10-27-16-9-4-3-6-12(16)20(13)24/h3-4,6,9-10,17-18H,5,7-8H2,1-2H3/t17?,18-/m0/s1. The summed E-state index contributed by atoms with van der Waals surface area (Å²) in [6.07, 6.45) is 3.13. The second-order valence-corrected chi connectivity index (χ2v) is 6.89. The molecule has 2 aromatic rings. The molecule has 2 heterocycles. The number of para-hydroxylation sites is 1. The molecule has 4 rings (SSSR count). The Morgan fingerprint density at radius 2 is 2.00 bits per heavy atom. The van der Waals surface area contributed by atoms with Crippen molar-refractivity contribution in [1.29, 1.82) is 0 Å². The van der Waals surface area contributed by atoms with Crippen molar-refractivity contribution in [3.63, 3.8) is 0 Å². The monoisotopic (exact) mass is 365 g/mol. The number of hydrogen-bond donors (Lipinski definition) is 0. The Labute approximate surface area is 155 Å². The SMILES string of the molecule is COC(=O)C1C(C)=NC2=C(C(=O)CCC2)[C@H]1c1coc2ccccc2c1=O. The van der Waals surface area contributed by atoms with Gasteiger partial charge < -0.3 is 9.15 Å². The number of Topliss-reactive ketones (excluding diaryl/α,β-unsaturated/α-hetero) is 1. The highest BCUT2D eigenvalue weighted by molar-refractivity contribution is 6.08. The number of benzene rings is 1. The Balaban J connectivity index is 1.99. The topological polar surface area (TPSA) is 85.9 Å². The van der Waals surface area contributed by atoms with Crippen LogP contribution in [0.5, 0.6) is 0 Å². The zero-order valence-electron chi connectivity index (χ0n) is 15.2. The lowest BCUT2D eigenvalue weighted by atomic mass is 9.72. The third kappa shape index (κ3) is 2.72. The van der Waals surface area contributed by atoms with Gasteiger partial charge in [-0.1, -0.05) is 12.1 Å². The van der Waals surface area contributed by atoms with Crippen molar-refractivity contribution >= 4 is 28.4 Å². The van der Waals surface area contributed by atoms with E-state index in [-0.39, 0.29) is 11.2 Å². The Kier molecular flexibility index (Phi) is 4.26. The predicted octanol–water partition coefficient (Wildman–Crippen LogP) is 3.15. The van der Waals surface area contributed by atoms with Crippen LogP contribution in [0.15, 0.2) is 56.0 Å². The lowest BCUT2D eigenvalue weighted by Crippen LogP contribution is -2.38. The maximum Gasteiger partial charge on any atom is 0.315 e. The van der Waals surface area contributed by atoms with Crippen LogP contribution in [0.25, 0.3) is 11.0 Å². The van der Waals surface area contributed by atoms with Gasteiger partial charge in [0.2, 0.25) is 0 Å². The molecule has 0 fully saturated rings. The number of fused-ring (bicyclic) bond motifs is 1. The lowest BCUT2D eigenvalue weighted by molar-refractivity contribution is -0.143. The number of aliphatic imine (C=N–C) groups is 1. The number of ether oxygens (including phenoxy) is 1. The van der Waals surface area contributed by atoms with Crippen LogP contribution in [0, 0.1) is 5.92 Å². The molecule has 2 aliphatic rings. The smallest absolute Gasteiger partial charge is 0.315 e. The Morgan fingerprint density at radius 1 is 1.22 bits per heavy atom. The Bertz CT molecular complexity index is 1080. The van der Waals surface area contributed by atoms with Crippen molar-refractivity contribution in [2.75, 3.05) is 7.11 Å². The average molecular weight is 365 g/mol. The summed E-state index contributed by atoms with van der Waals surface area (Å²) in [5.41, 5.74) is 2.18. The van der Waals surface area contributed by atoms with Gasteiger partial charge in [-0.15, -0.1) is 0 Å². The van der Waals surface area contributed by atoms with Crippen LogP contribution >= 0.6 is 0 Å². The van der Waals surface area contributed by atoms with Gasteiger partial charge >= 0.3 is 5.97 Å². The molecule has 6 nitrogen and oxygen atoms in total. The van der Waals surface area contributed by atoms with Crippen molar-refractivity contribution in [3.8, 4) is 0 Å². The molecule has 2 atom stereocenters. The summed E-state index contributed by atoms with van der Waals surface area (Å²) < 4.78 is 10.6. The van der Waals surface area contributed by atoms with Crippen molar-refractivity contribution in [2.24, 2.45) is 10.9 Å². The number of carbonyl (C=O) groups is 2. The highest BCUT2D eigenvalue weighted by Gasteiger charge is 2.44. The molecule has 0 saturated heterocycles. The number of rotatable bonds is 2. The molecule has 1 aliphatic heterocycles. The Hall–Kier alpha value is -3.02. The summed E-state index contributed by atoms with van der Waals surface area (Å²) in [6.45, 7) is 1.74. The van der Waals surface area contributed by atoms with Crippen molar-refractivity contribution in [1.82, 2.24) is 0 Å². The number of nitrogens with zero attached hydrogens (tertiary/aromatic N) is 1. The zero-order valence-corrected chi connectivity index (χ0v) is 15.2. The van der Waals surface area contributed by atoms with E-state index in [9.17, 15) is 14.4 Å². The molecule has 1 aliphatic carbocycles. The van der Waals surface area contributed by atoms with Crippen molar-refractivity contribution in [2.45, 2.75) is 32.1 Å². The number of ketones is 1. The number of allylic oxidation sites excluding steroid dienone is 2. The molecule has 1 unspecified atom stereocenters. The number of esters is 1. The van der Waals surface area contributed by atoms with Gasteiger partial charge in [0.15, 0.2) is 11.2 Å². The van der Waals surface area contributed by atoms with Crippen molar-refractivity contribution in [3.05, 3.63) is 57.6 Å². The average Bonchev–Trinajstić information content (AvgIpc) is 2.67. The third-order valence-corrected chi connectivity index (χ3v) is 5.33. The van der Waals surface area contributed by atoms with Crippen LogP contribution < -0.4 is 5.43 Å². The second-order valence-electron chi connectivity index (χ2n) is 6.89. The van der Waals surface area contributed by atoms with E-state index in [1.807, 2.05) is 0 Å². The first-order valence-corrected chi connectivity index (χ1v) is 8.92. The molecule has 0 N–H and O–H groups in total. The fourth-order valence-electron chi connectivity index (χ4n) is 4.08. The quantitative estimate of drug-likeness (QED) is 0.763. The van der Waals surface area contributed by atoms with Gasteiger partial charge in [-0.25, -0.2) is 0 Å². The van der Waals surface area contributed by atoms with Crippen LogP contribution in [0.1, 0.15) is 37.7 Å². The van der Waals surface area contributed by atoms with E-state index in [2.05, 4.69) is 4.99 Å². The van der Waals surface area contributed by atoms with Gasteiger partial charge in [-0.05, 0) is 31.9 Å². The van der Waals surface area contributed by atoms with Crippen LogP contribution in [-0.4, -0.2) is 24.6 Å².